The average Bonchev–Trinajstić information content (AvgIpc) is 3.05. The molecule has 1 amide bonds. The molecule has 0 saturated carbocycles. The van der Waals surface area contributed by atoms with Gasteiger partial charge in [0.25, 0.3) is 5.91 Å². The fourth-order valence-electron chi connectivity index (χ4n) is 4.07. The number of fused-ring (bicyclic) bond motifs is 1. The van der Waals surface area contributed by atoms with Crippen molar-refractivity contribution in [3.63, 3.8) is 0 Å². The number of aromatic nitrogens is 2. The number of carbonyl (C=O) groups is 1. The Kier molecular flexibility index (Phi) is 5.12. The smallest absolute Gasteiger partial charge is 0.296 e. The van der Waals surface area contributed by atoms with E-state index < -0.39 is 0 Å². The van der Waals surface area contributed by atoms with Crippen molar-refractivity contribution in [2.75, 3.05) is 47.9 Å². The summed E-state index contributed by atoms with van der Waals surface area (Å²) in [5, 5.41) is 0. The number of hydrogen-bond donors (Lipinski definition) is 1. The molecule has 2 aromatic rings. The number of nitrogens with two attached hydrogens (primary N) is 1. The minimum absolute atomic E-state index is 0.117. The SMILES string of the molecule is Cc1nc(C(=O)N2CCCN(C)c3cc(F)ccc32)nc(N2CC[C@@H](N)C2)c1C. The number of aryl methyl sites for hydroxylation is 1. The molecule has 2 aliphatic rings. The highest BCUT2D eigenvalue weighted by Crippen LogP contribution is 2.33. The molecule has 2 aliphatic heterocycles. The zero-order valence-electron chi connectivity index (χ0n) is 17.2. The van der Waals surface area contributed by atoms with E-state index in [-0.39, 0.29) is 23.6 Å². The molecule has 1 fully saturated rings. The zero-order chi connectivity index (χ0) is 20.7. The Morgan fingerprint density at radius 1 is 1.17 bits per heavy atom. The van der Waals surface area contributed by atoms with Crippen molar-refractivity contribution < 1.29 is 9.18 Å². The second-order valence-electron chi connectivity index (χ2n) is 7.94. The highest BCUT2D eigenvalue weighted by atomic mass is 19.1. The molecule has 0 spiro atoms. The minimum atomic E-state index is -0.319. The number of halogens is 1. The molecule has 2 N–H and O–H groups in total. The standard InChI is InChI=1S/C21H27FN6O/c1-13-14(2)24-19(25-20(13)27-10-7-16(23)12-27)21(29)28-9-4-8-26(3)18-11-15(22)5-6-17(18)28/h5-6,11,16H,4,7-10,12,23H2,1-3H3/t16-/m1/s1. The summed E-state index contributed by atoms with van der Waals surface area (Å²) in [6, 6.07) is 4.63. The quantitative estimate of drug-likeness (QED) is 0.836. The van der Waals surface area contributed by atoms with E-state index in [9.17, 15) is 9.18 Å². The summed E-state index contributed by atoms with van der Waals surface area (Å²) in [4.78, 5) is 28.4. The molecule has 0 radical (unpaired) electrons. The van der Waals surface area contributed by atoms with E-state index in [4.69, 9.17) is 5.73 Å². The van der Waals surface area contributed by atoms with Crippen LogP contribution in [0.3, 0.4) is 0 Å². The number of benzene rings is 1. The van der Waals surface area contributed by atoms with Gasteiger partial charge in [-0.2, -0.15) is 0 Å². The van der Waals surface area contributed by atoms with Crippen LogP contribution in [0.5, 0.6) is 0 Å². The minimum Gasteiger partial charge on any atom is -0.373 e. The van der Waals surface area contributed by atoms with E-state index in [1.807, 2.05) is 25.8 Å². The lowest BCUT2D eigenvalue weighted by Gasteiger charge is -2.25. The van der Waals surface area contributed by atoms with Crippen molar-refractivity contribution in [1.82, 2.24) is 9.97 Å². The Labute approximate surface area is 170 Å². The van der Waals surface area contributed by atoms with Gasteiger partial charge in [0.15, 0.2) is 0 Å². The van der Waals surface area contributed by atoms with Crippen molar-refractivity contribution in [2.45, 2.75) is 32.7 Å². The van der Waals surface area contributed by atoms with Crippen LogP contribution in [0, 0.1) is 19.7 Å². The first kappa shape index (κ1) is 19.6. The number of amides is 1. The van der Waals surface area contributed by atoms with E-state index in [1.165, 1.54) is 12.1 Å². The van der Waals surface area contributed by atoms with Gasteiger partial charge in [0.1, 0.15) is 11.6 Å². The van der Waals surface area contributed by atoms with E-state index in [0.717, 1.165) is 49.6 Å². The van der Waals surface area contributed by atoms with Gasteiger partial charge in [-0.1, -0.05) is 0 Å². The van der Waals surface area contributed by atoms with Crippen LogP contribution >= 0.6 is 0 Å². The van der Waals surface area contributed by atoms with Gasteiger partial charge < -0.3 is 20.4 Å². The monoisotopic (exact) mass is 398 g/mol. The maximum atomic E-state index is 13.8. The van der Waals surface area contributed by atoms with Crippen molar-refractivity contribution >= 4 is 23.1 Å². The third-order valence-corrected chi connectivity index (χ3v) is 5.84. The van der Waals surface area contributed by atoms with Gasteiger partial charge in [-0.05, 0) is 44.9 Å². The summed E-state index contributed by atoms with van der Waals surface area (Å²) in [6.07, 6.45) is 1.68. The maximum absolute atomic E-state index is 13.8. The lowest BCUT2D eigenvalue weighted by Crippen LogP contribution is -2.34. The van der Waals surface area contributed by atoms with Crippen LogP contribution < -0.4 is 20.4 Å². The Bertz CT molecular complexity index is 949. The van der Waals surface area contributed by atoms with Crippen LogP contribution in [0.2, 0.25) is 0 Å². The molecule has 3 heterocycles. The number of carbonyl (C=O) groups excluding carboxylic acids is 1. The van der Waals surface area contributed by atoms with Crippen molar-refractivity contribution in [2.24, 2.45) is 5.73 Å². The van der Waals surface area contributed by atoms with Gasteiger partial charge >= 0.3 is 0 Å². The molecule has 29 heavy (non-hydrogen) atoms. The maximum Gasteiger partial charge on any atom is 0.296 e. The Balaban J connectivity index is 1.73. The largest absolute Gasteiger partial charge is 0.373 e. The summed E-state index contributed by atoms with van der Waals surface area (Å²) < 4.78 is 13.8. The number of rotatable bonds is 2. The molecule has 8 heteroatoms. The van der Waals surface area contributed by atoms with Gasteiger partial charge in [-0.3, -0.25) is 4.79 Å². The fourth-order valence-corrected chi connectivity index (χ4v) is 4.07. The first-order valence-electron chi connectivity index (χ1n) is 10.0. The van der Waals surface area contributed by atoms with Crippen molar-refractivity contribution in [3.05, 3.63) is 41.1 Å². The molecule has 1 atom stereocenters. The summed E-state index contributed by atoms with van der Waals surface area (Å²) in [5.74, 6) is 0.365. The summed E-state index contributed by atoms with van der Waals surface area (Å²) in [7, 11) is 1.91. The van der Waals surface area contributed by atoms with E-state index in [1.54, 1.807) is 11.0 Å². The molecule has 154 valence electrons. The van der Waals surface area contributed by atoms with Crippen LogP contribution in [0.15, 0.2) is 18.2 Å². The molecule has 1 aromatic carbocycles. The number of hydrogen-bond acceptors (Lipinski definition) is 6. The molecule has 4 rings (SSSR count). The summed E-state index contributed by atoms with van der Waals surface area (Å²) >= 11 is 0. The summed E-state index contributed by atoms with van der Waals surface area (Å²) in [6.45, 7) is 6.69. The Morgan fingerprint density at radius 2 is 1.97 bits per heavy atom. The molecule has 1 aromatic heterocycles. The van der Waals surface area contributed by atoms with Crippen LogP contribution in [-0.2, 0) is 0 Å². The molecule has 0 bridgehead atoms. The average molecular weight is 398 g/mol. The topological polar surface area (TPSA) is 78.6 Å². The van der Waals surface area contributed by atoms with E-state index in [0.29, 0.717) is 17.9 Å². The third-order valence-electron chi connectivity index (χ3n) is 5.84. The summed E-state index contributed by atoms with van der Waals surface area (Å²) in [5.41, 5.74) is 9.20. The van der Waals surface area contributed by atoms with Gasteiger partial charge in [0, 0.05) is 50.5 Å². The normalized spacial score (nSPS) is 19.3. The lowest BCUT2D eigenvalue weighted by molar-refractivity contribution is 0.0977. The van der Waals surface area contributed by atoms with Crippen molar-refractivity contribution in [3.8, 4) is 0 Å². The molecule has 1 saturated heterocycles. The predicted molar refractivity (Wildman–Crippen MR) is 112 cm³/mol. The molecule has 7 nitrogen and oxygen atoms in total. The highest BCUT2D eigenvalue weighted by Gasteiger charge is 2.29. The van der Waals surface area contributed by atoms with Crippen LogP contribution in [0.25, 0.3) is 0 Å². The molecular weight excluding hydrogens is 371 g/mol. The van der Waals surface area contributed by atoms with Gasteiger partial charge in [-0.25, -0.2) is 14.4 Å². The van der Waals surface area contributed by atoms with Gasteiger partial charge in [0.05, 0.1) is 11.4 Å². The lowest BCUT2D eigenvalue weighted by atomic mass is 10.2. The third kappa shape index (κ3) is 3.64. The Morgan fingerprint density at radius 3 is 2.69 bits per heavy atom. The van der Waals surface area contributed by atoms with Crippen LogP contribution in [0.1, 0.15) is 34.7 Å². The predicted octanol–water partition coefficient (Wildman–Crippen LogP) is 2.26. The zero-order valence-corrected chi connectivity index (χ0v) is 17.2. The second kappa shape index (κ2) is 7.59. The second-order valence-corrected chi connectivity index (χ2v) is 7.94. The van der Waals surface area contributed by atoms with Gasteiger partial charge in [0.2, 0.25) is 5.82 Å². The molecular formula is C21H27FN6O. The van der Waals surface area contributed by atoms with E-state index in [2.05, 4.69) is 14.9 Å². The highest BCUT2D eigenvalue weighted by molar-refractivity contribution is 6.06. The number of nitrogens with zero attached hydrogens (tertiary/aromatic N) is 5. The Hall–Kier alpha value is -2.74. The van der Waals surface area contributed by atoms with Crippen LogP contribution in [0.4, 0.5) is 21.6 Å². The number of anilines is 3. The first-order chi connectivity index (χ1) is 13.8. The molecule has 0 unspecified atom stereocenters. The van der Waals surface area contributed by atoms with Crippen LogP contribution in [-0.4, -0.2) is 55.1 Å². The van der Waals surface area contributed by atoms with Gasteiger partial charge in [-0.15, -0.1) is 0 Å². The fraction of sp³-hybridized carbons (Fsp3) is 0.476. The van der Waals surface area contributed by atoms with E-state index >= 15 is 0 Å². The molecule has 0 aliphatic carbocycles. The van der Waals surface area contributed by atoms with Crippen molar-refractivity contribution in [1.29, 1.82) is 0 Å². The first-order valence-corrected chi connectivity index (χ1v) is 10.0.